The normalized spacial score (nSPS) is 13.1. The van der Waals surface area contributed by atoms with Crippen molar-refractivity contribution in [3.05, 3.63) is 53.3 Å². The Morgan fingerprint density at radius 1 is 1.44 bits per heavy atom. The summed E-state index contributed by atoms with van der Waals surface area (Å²) in [6.07, 6.45) is 3.57. The van der Waals surface area contributed by atoms with E-state index in [2.05, 4.69) is 4.98 Å². The van der Waals surface area contributed by atoms with Gasteiger partial charge in [0.1, 0.15) is 17.6 Å². The molecule has 2 N–H and O–H groups in total. The molecule has 0 saturated heterocycles. The lowest BCUT2D eigenvalue weighted by atomic mass is 10.2. The van der Waals surface area contributed by atoms with Crippen LogP contribution in [0.25, 0.3) is 11.0 Å². The maximum Gasteiger partial charge on any atom is 0.152 e. The van der Waals surface area contributed by atoms with E-state index in [4.69, 9.17) is 21.8 Å². The lowest BCUT2D eigenvalue weighted by molar-refractivity contribution is 0.509. The zero-order valence-electron chi connectivity index (χ0n) is 9.80. The van der Waals surface area contributed by atoms with Crippen molar-refractivity contribution in [2.75, 3.05) is 0 Å². The van der Waals surface area contributed by atoms with E-state index in [0.29, 0.717) is 16.4 Å². The van der Waals surface area contributed by atoms with E-state index >= 15 is 0 Å². The fourth-order valence-corrected chi connectivity index (χ4v) is 2.23. The van der Waals surface area contributed by atoms with Gasteiger partial charge in [-0.15, -0.1) is 0 Å². The summed E-state index contributed by atoms with van der Waals surface area (Å²) in [5.74, 6) is 1.41. The first-order valence-corrected chi connectivity index (χ1v) is 5.95. The summed E-state index contributed by atoms with van der Waals surface area (Å²) < 4.78 is 7.60. The minimum Gasteiger partial charge on any atom is -0.457 e. The average Bonchev–Trinajstić information content (AvgIpc) is 2.95. The molecular weight excluding hydrogens is 250 g/mol. The number of hydrogen-bond donors (Lipinski definition) is 1. The molecule has 3 aromatic rings. The lowest BCUT2D eigenvalue weighted by Gasteiger charge is -2.07. The molecular formula is C13H12ClN3O. The van der Waals surface area contributed by atoms with E-state index in [1.54, 1.807) is 12.3 Å². The van der Waals surface area contributed by atoms with Crippen LogP contribution < -0.4 is 5.73 Å². The Morgan fingerprint density at radius 2 is 2.28 bits per heavy atom. The van der Waals surface area contributed by atoms with Crippen LogP contribution in [0.5, 0.6) is 0 Å². The van der Waals surface area contributed by atoms with Gasteiger partial charge in [-0.2, -0.15) is 0 Å². The monoisotopic (exact) mass is 261 g/mol. The zero-order chi connectivity index (χ0) is 12.7. The predicted octanol–water partition coefficient (Wildman–Crippen LogP) is 2.87. The molecule has 0 bridgehead atoms. The number of halogens is 1. The second-order valence-corrected chi connectivity index (χ2v) is 4.59. The molecule has 18 heavy (non-hydrogen) atoms. The van der Waals surface area contributed by atoms with Gasteiger partial charge < -0.3 is 14.7 Å². The number of benzene rings is 1. The number of hydrogen-bond acceptors (Lipinski definition) is 3. The topological polar surface area (TPSA) is 57.0 Å². The second kappa shape index (κ2) is 4.15. The Morgan fingerprint density at radius 3 is 2.94 bits per heavy atom. The summed E-state index contributed by atoms with van der Waals surface area (Å²) in [6.45, 7) is 0. The van der Waals surface area contributed by atoms with Gasteiger partial charge in [-0.1, -0.05) is 23.7 Å². The van der Waals surface area contributed by atoms with Gasteiger partial charge in [0.25, 0.3) is 0 Å². The van der Waals surface area contributed by atoms with Crippen LogP contribution in [0.4, 0.5) is 0 Å². The van der Waals surface area contributed by atoms with Crippen LogP contribution >= 0.6 is 11.6 Å². The number of aromatic nitrogens is 2. The van der Waals surface area contributed by atoms with Crippen molar-refractivity contribution in [3.8, 4) is 0 Å². The van der Waals surface area contributed by atoms with Gasteiger partial charge in [0.05, 0.1) is 5.02 Å². The van der Waals surface area contributed by atoms with Crippen LogP contribution in [0.15, 0.2) is 41.1 Å². The van der Waals surface area contributed by atoms with Crippen LogP contribution in [0.3, 0.4) is 0 Å². The predicted molar refractivity (Wildman–Crippen MR) is 70.5 cm³/mol. The molecule has 0 radical (unpaired) electrons. The zero-order valence-corrected chi connectivity index (χ0v) is 10.6. The third-order valence-corrected chi connectivity index (χ3v) is 3.26. The Balaban J connectivity index is 2.10. The molecule has 2 aromatic heterocycles. The molecule has 0 fully saturated rings. The van der Waals surface area contributed by atoms with Gasteiger partial charge in [-0.25, -0.2) is 4.98 Å². The summed E-state index contributed by atoms with van der Waals surface area (Å²) in [5.41, 5.74) is 6.82. The summed E-state index contributed by atoms with van der Waals surface area (Å²) in [7, 11) is 1.90. The number of fused-ring (bicyclic) bond motifs is 1. The smallest absolute Gasteiger partial charge is 0.152 e. The van der Waals surface area contributed by atoms with Crippen molar-refractivity contribution in [2.45, 2.75) is 6.04 Å². The van der Waals surface area contributed by atoms with Crippen LogP contribution in [0.1, 0.15) is 17.6 Å². The third kappa shape index (κ3) is 1.70. The van der Waals surface area contributed by atoms with E-state index in [-0.39, 0.29) is 0 Å². The van der Waals surface area contributed by atoms with Gasteiger partial charge in [-0.05, 0) is 12.1 Å². The maximum absolute atomic E-state index is 6.16. The molecule has 0 amide bonds. The molecule has 3 rings (SSSR count). The minimum atomic E-state index is -0.395. The highest BCUT2D eigenvalue weighted by Gasteiger charge is 2.18. The van der Waals surface area contributed by atoms with Crippen molar-refractivity contribution in [3.63, 3.8) is 0 Å². The number of nitrogens with zero attached hydrogens (tertiary/aromatic N) is 2. The van der Waals surface area contributed by atoms with Gasteiger partial charge >= 0.3 is 0 Å². The SMILES string of the molecule is Cn1ccnc1C(N)c1cc2cccc(Cl)c2o1. The summed E-state index contributed by atoms with van der Waals surface area (Å²) in [6, 6.07) is 7.13. The van der Waals surface area contributed by atoms with Crippen LogP contribution in [-0.4, -0.2) is 9.55 Å². The second-order valence-electron chi connectivity index (χ2n) is 4.18. The van der Waals surface area contributed by atoms with Crippen molar-refractivity contribution in [2.24, 2.45) is 12.8 Å². The Labute approximate surface area is 109 Å². The number of nitrogens with two attached hydrogens (primary N) is 1. The highest BCUT2D eigenvalue weighted by Crippen LogP contribution is 2.30. The van der Waals surface area contributed by atoms with Crippen LogP contribution in [0.2, 0.25) is 5.02 Å². The first-order valence-electron chi connectivity index (χ1n) is 5.57. The van der Waals surface area contributed by atoms with Crippen molar-refractivity contribution < 1.29 is 4.42 Å². The third-order valence-electron chi connectivity index (χ3n) is 2.96. The number of para-hydroxylation sites is 1. The van der Waals surface area contributed by atoms with E-state index < -0.39 is 6.04 Å². The van der Waals surface area contributed by atoms with Gasteiger partial charge in [0.2, 0.25) is 0 Å². The number of imidazole rings is 1. The fourth-order valence-electron chi connectivity index (χ4n) is 2.00. The highest BCUT2D eigenvalue weighted by atomic mass is 35.5. The lowest BCUT2D eigenvalue weighted by Crippen LogP contribution is -2.15. The van der Waals surface area contributed by atoms with Crippen molar-refractivity contribution >= 4 is 22.6 Å². The van der Waals surface area contributed by atoms with Crippen molar-refractivity contribution in [1.82, 2.24) is 9.55 Å². The number of rotatable bonds is 2. The fraction of sp³-hybridized carbons (Fsp3) is 0.154. The van der Waals surface area contributed by atoms with Crippen LogP contribution in [-0.2, 0) is 7.05 Å². The number of aryl methyl sites for hydroxylation is 1. The molecule has 0 aliphatic rings. The van der Waals surface area contributed by atoms with E-state index in [1.807, 2.05) is 36.0 Å². The molecule has 0 aliphatic heterocycles. The molecule has 0 saturated carbocycles. The molecule has 0 spiro atoms. The first kappa shape index (κ1) is 11.3. The molecule has 5 heteroatoms. The largest absolute Gasteiger partial charge is 0.457 e. The Bertz CT molecular complexity index is 701. The van der Waals surface area contributed by atoms with Crippen molar-refractivity contribution in [1.29, 1.82) is 0 Å². The Kier molecular flexibility index (Phi) is 2.61. The summed E-state index contributed by atoms with van der Waals surface area (Å²) in [5, 5.41) is 1.54. The van der Waals surface area contributed by atoms with Crippen LogP contribution in [0, 0.1) is 0 Å². The Hall–Kier alpha value is -1.78. The molecule has 1 aromatic carbocycles. The molecule has 0 aliphatic carbocycles. The van der Waals surface area contributed by atoms with Gasteiger partial charge in [0, 0.05) is 24.8 Å². The average molecular weight is 262 g/mol. The van der Waals surface area contributed by atoms with E-state index in [0.717, 1.165) is 11.2 Å². The summed E-state index contributed by atoms with van der Waals surface area (Å²) in [4.78, 5) is 4.23. The minimum absolute atomic E-state index is 0.395. The molecule has 1 atom stereocenters. The van der Waals surface area contributed by atoms with E-state index in [9.17, 15) is 0 Å². The molecule has 1 unspecified atom stereocenters. The highest BCUT2D eigenvalue weighted by molar-refractivity contribution is 6.34. The molecule has 92 valence electrons. The quantitative estimate of drug-likeness (QED) is 0.772. The molecule has 2 heterocycles. The molecule has 4 nitrogen and oxygen atoms in total. The van der Waals surface area contributed by atoms with E-state index in [1.165, 1.54) is 0 Å². The number of furan rings is 1. The standard InChI is InChI=1S/C13H12ClN3O/c1-17-6-5-16-13(17)11(15)10-7-8-3-2-4-9(14)12(8)18-10/h2-7,11H,15H2,1H3. The van der Waals surface area contributed by atoms with Gasteiger partial charge in [0.15, 0.2) is 5.58 Å². The first-order chi connectivity index (χ1) is 8.66. The maximum atomic E-state index is 6.16. The van der Waals surface area contributed by atoms with Gasteiger partial charge in [-0.3, -0.25) is 0 Å². The summed E-state index contributed by atoms with van der Waals surface area (Å²) >= 11 is 6.08.